The molecular formula is C10H13N3O. The van der Waals surface area contributed by atoms with Gasteiger partial charge in [-0.05, 0) is 20.8 Å². The molecule has 0 radical (unpaired) electrons. The predicted molar refractivity (Wildman–Crippen MR) is 53.5 cm³/mol. The van der Waals surface area contributed by atoms with Gasteiger partial charge in [-0.1, -0.05) is 0 Å². The van der Waals surface area contributed by atoms with Gasteiger partial charge < -0.3 is 4.74 Å². The Morgan fingerprint density at radius 3 is 2.79 bits per heavy atom. The van der Waals surface area contributed by atoms with Crippen molar-refractivity contribution in [2.75, 3.05) is 7.11 Å². The zero-order chi connectivity index (χ0) is 11.2. The normalized spacial score (nSPS) is 25.7. The van der Waals surface area contributed by atoms with Crippen LogP contribution in [0, 0.1) is 13.8 Å². The third-order valence-corrected chi connectivity index (χ3v) is 2.44. The second-order valence-electron chi connectivity index (χ2n) is 3.49. The molecule has 2 heterocycles. The first-order chi connectivity index (χ1) is 6.98. The van der Waals surface area contributed by atoms with Gasteiger partial charge in [0.25, 0.3) is 0 Å². The molecular weight excluding hydrogens is 178 g/mol. The molecule has 1 aromatic rings. The van der Waals surface area contributed by atoms with Gasteiger partial charge in [-0.15, -0.1) is 0 Å². The van der Waals surface area contributed by atoms with Crippen LogP contribution in [0.25, 0.3) is 0 Å². The Kier molecular flexibility index (Phi) is 1.64. The predicted octanol–water partition coefficient (Wildman–Crippen LogP) is 1.35. The van der Waals surface area contributed by atoms with Crippen molar-refractivity contribution in [1.29, 1.82) is 0 Å². The van der Waals surface area contributed by atoms with Crippen LogP contribution in [0.5, 0.6) is 0 Å². The van der Waals surface area contributed by atoms with Crippen molar-refractivity contribution in [2.45, 2.75) is 26.5 Å². The molecule has 0 bridgehead atoms. The zero-order valence-corrected chi connectivity index (χ0v) is 8.75. The SMILES string of the molecule is [2H]C1=NC(C)(OC)c2c(C)nc(C)nc21. The lowest BCUT2D eigenvalue weighted by Crippen LogP contribution is -2.21. The van der Waals surface area contributed by atoms with Gasteiger partial charge in [-0.25, -0.2) is 9.97 Å². The van der Waals surface area contributed by atoms with Gasteiger partial charge >= 0.3 is 0 Å². The molecule has 0 spiro atoms. The van der Waals surface area contributed by atoms with Crippen molar-refractivity contribution in [2.24, 2.45) is 4.99 Å². The van der Waals surface area contributed by atoms with Crippen molar-refractivity contribution < 1.29 is 6.11 Å². The van der Waals surface area contributed by atoms with Crippen molar-refractivity contribution in [1.82, 2.24) is 9.97 Å². The largest absolute Gasteiger partial charge is 0.353 e. The Hall–Kier alpha value is -1.29. The van der Waals surface area contributed by atoms with Crippen molar-refractivity contribution in [3.05, 3.63) is 22.8 Å². The number of ether oxygens (including phenoxy) is 1. The van der Waals surface area contributed by atoms with E-state index in [1.807, 2.05) is 20.8 Å². The number of nitrogens with zero attached hydrogens (tertiary/aromatic N) is 3. The lowest BCUT2D eigenvalue weighted by Gasteiger charge is -2.21. The smallest absolute Gasteiger partial charge is 0.185 e. The van der Waals surface area contributed by atoms with Crippen molar-refractivity contribution in [3.8, 4) is 0 Å². The van der Waals surface area contributed by atoms with E-state index in [9.17, 15) is 0 Å². The number of fused-ring (bicyclic) bond motifs is 1. The molecule has 1 aliphatic heterocycles. The fourth-order valence-corrected chi connectivity index (χ4v) is 1.71. The van der Waals surface area contributed by atoms with Gasteiger partial charge in [0.2, 0.25) is 0 Å². The number of hydrogen-bond donors (Lipinski definition) is 0. The summed E-state index contributed by atoms with van der Waals surface area (Å²) in [5.41, 5.74) is 1.42. The van der Waals surface area contributed by atoms with Crippen molar-refractivity contribution in [3.63, 3.8) is 0 Å². The van der Waals surface area contributed by atoms with Gasteiger partial charge in [0.15, 0.2) is 5.72 Å². The minimum atomic E-state index is -0.801. The molecule has 0 N–H and O–H groups in total. The molecule has 0 saturated heterocycles. The Bertz CT molecular complexity index is 458. The molecule has 1 atom stereocenters. The van der Waals surface area contributed by atoms with E-state index < -0.39 is 5.72 Å². The minimum absolute atomic E-state index is 0.169. The molecule has 2 rings (SSSR count). The summed E-state index contributed by atoms with van der Waals surface area (Å²) in [7, 11) is 1.57. The van der Waals surface area contributed by atoms with Crippen LogP contribution in [0.15, 0.2) is 4.99 Å². The number of rotatable bonds is 1. The highest BCUT2D eigenvalue weighted by Crippen LogP contribution is 2.33. The summed E-state index contributed by atoms with van der Waals surface area (Å²) in [5, 5.41) is 0. The lowest BCUT2D eigenvalue weighted by atomic mass is 10.0. The summed E-state index contributed by atoms with van der Waals surface area (Å²) >= 11 is 0. The topological polar surface area (TPSA) is 47.4 Å². The molecule has 74 valence electrons. The number of aryl methyl sites for hydroxylation is 2. The molecule has 0 amide bonds. The molecule has 1 unspecified atom stereocenters. The zero-order valence-electron chi connectivity index (χ0n) is 9.75. The van der Waals surface area contributed by atoms with E-state index in [-0.39, 0.29) is 6.19 Å². The van der Waals surface area contributed by atoms with E-state index in [2.05, 4.69) is 15.0 Å². The van der Waals surface area contributed by atoms with Crippen LogP contribution in [-0.2, 0) is 10.5 Å². The fraction of sp³-hybridized carbons (Fsp3) is 0.500. The monoisotopic (exact) mass is 192 g/mol. The summed E-state index contributed by atoms with van der Waals surface area (Å²) in [6.07, 6.45) is 0.169. The molecule has 0 saturated carbocycles. The first kappa shape index (κ1) is 8.05. The van der Waals surface area contributed by atoms with Gasteiger partial charge in [0, 0.05) is 12.8 Å². The number of aromatic nitrogens is 2. The van der Waals surface area contributed by atoms with Crippen LogP contribution >= 0.6 is 0 Å². The summed E-state index contributed by atoms with van der Waals surface area (Å²) in [6, 6.07) is 0. The fourth-order valence-electron chi connectivity index (χ4n) is 1.71. The van der Waals surface area contributed by atoms with Gasteiger partial charge in [0.1, 0.15) is 5.82 Å². The average Bonchev–Trinajstić information content (AvgIpc) is 2.39. The van der Waals surface area contributed by atoms with Crippen molar-refractivity contribution >= 4 is 6.19 Å². The van der Waals surface area contributed by atoms with E-state index in [4.69, 9.17) is 6.11 Å². The third-order valence-electron chi connectivity index (χ3n) is 2.44. The molecule has 1 aliphatic rings. The Morgan fingerprint density at radius 2 is 2.14 bits per heavy atom. The summed E-state index contributed by atoms with van der Waals surface area (Å²) < 4.78 is 13.1. The van der Waals surface area contributed by atoms with E-state index >= 15 is 0 Å². The van der Waals surface area contributed by atoms with Crippen LogP contribution in [0.2, 0.25) is 0 Å². The van der Waals surface area contributed by atoms with Crippen LogP contribution in [0.3, 0.4) is 0 Å². The Morgan fingerprint density at radius 1 is 1.43 bits per heavy atom. The van der Waals surface area contributed by atoms with Crippen LogP contribution < -0.4 is 0 Å². The Balaban J connectivity index is 2.72. The Labute approximate surface area is 84.5 Å². The highest BCUT2D eigenvalue weighted by atomic mass is 16.5. The van der Waals surface area contributed by atoms with Crippen LogP contribution in [-0.4, -0.2) is 23.3 Å². The molecule has 1 aromatic heterocycles. The van der Waals surface area contributed by atoms with E-state index in [1.54, 1.807) is 7.11 Å². The molecule has 4 nitrogen and oxygen atoms in total. The maximum Gasteiger partial charge on any atom is 0.185 e. The van der Waals surface area contributed by atoms with Crippen LogP contribution in [0.1, 0.15) is 31.1 Å². The second kappa shape index (κ2) is 2.85. The molecule has 14 heavy (non-hydrogen) atoms. The standard InChI is InChI=1S/C10H13N3O/c1-6-9-8(13-7(2)12-6)5-11-10(9,3)14-4/h5H,1-4H3/i5D. The average molecular weight is 192 g/mol. The molecule has 0 fully saturated rings. The van der Waals surface area contributed by atoms with E-state index in [0.717, 1.165) is 11.3 Å². The maximum absolute atomic E-state index is 7.75. The highest BCUT2D eigenvalue weighted by molar-refractivity contribution is 5.83. The highest BCUT2D eigenvalue weighted by Gasteiger charge is 2.34. The first-order valence-corrected chi connectivity index (χ1v) is 4.45. The minimum Gasteiger partial charge on any atom is -0.353 e. The summed E-state index contributed by atoms with van der Waals surface area (Å²) in [6.45, 7) is 5.51. The molecule has 0 aliphatic carbocycles. The molecule has 4 heteroatoms. The summed E-state index contributed by atoms with van der Waals surface area (Å²) in [4.78, 5) is 12.7. The number of methoxy groups -OCH3 is 1. The van der Waals surface area contributed by atoms with Crippen LogP contribution in [0.4, 0.5) is 0 Å². The van der Waals surface area contributed by atoms with Gasteiger partial charge in [0.05, 0.1) is 18.8 Å². The second-order valence-corrected chi connectivity index (χ2v) is 3.49. The number of hydrogen-bond acceptors (Lipinski definition) is 4. The quantitative estimate of drug-likeness (QED) is 0.674. The number of aliphatic imine (C=N–C) groups is 1. The van der Waals surface area contributed by atoms with Gasteiger partial charge in [-0.2, -0.15) is 0 Å². The van der Waals surface area contributed by atoms with Gasteiger partial charge in [-0.3, -0.25) is 4.99 Å². The first-order valence-electron chi connectivity index (χ1n) is 4.95. The van der Waals surface area contributed by atoms with E-state index in [0.29, 0.717) is 11.5 Å². The maximum atomic E-state index is 7.75. The lowest BCUT2D eigenvalue weighted by molar-refractivity contribution is 0.0124. The summed E-state index contributed by atoms with van der Waals surface area (Å²) in [5.74, 6) is 0.659. The van der Waals surface area contributed by atoms with E-state index in [1.165, 1.54) is 0 Å². The third kappa shape index (κ3) is 1.14. The molecule has 0 aromatic carbocycles.